The lowest BCUT2D eigenvalue weighted by Crippen LogP contribution is -2.16. The number of hydrogen-bond donors (Lipinski definition) is 1. The van der Waals surface area contributed by atoms with Crippen molar-refractivity contribution in [2.24, 2.45) is 0 Å². The monoisotopic (exact) mass is 334 g/mol. The number of hydrogen-bond acceptors (Lipinski definition) is 3. The number of para-hydroxylation sites is 1. The molecule has 0 aliphatic heterocycles. The average Bonchev–Trinajstić information content (AvgIpc) is 2.47. The first-order chi connectivity index (χ1) is 9.58. The van der Waals surface area contributed by atoms with Gasteiger partial charge in [-0.15, -0.1) is 0 Å². The van der Waals surface area contributed by atoms with Crippen LogP contribution in [0.3, 0.4) is 0 Å². The highest BCUT2D eigenvalue weighted by Gasteiger charge is 2.18. The number of nitro benzene ring substituents is 1. The van der Waals surface area contributed by atoms with Crippen molar-refractivity contribution in [2.75, 3.05) is 5.32 Å². The third-order valence-corrected chi connectivity index (χ3v) is 3.61. The van der Waals surface area contributed by atoms with Crippen molar-refractivity contribution in [1.29, 1.82) is 0 Å². The van der Waals surface area contributed by atoms with Crippen LogP contribution in [0.2, 0.25) is 0 Å². The van der Waals surface area contributed by atoms with E-state index >= 15 is 0 Å². The molecule has 2 rings (SSSR count). The molecule has 0 aromatic heterocycles. The number of alkyl halides is 1. The van der Waals surface area contributed by atoms with Gasteiger partial charge in [0.2, 0.25) is 5.91 Å². The van der Waals surface area contributed by atoms with E-state index in [1.54, 1.807) is 24.3 Å². The molecule has 0 heterocycles. The van der Waals surface area contributed by atoms with E-state index in [0.29, 0.717) is 11.3 Å². The zero-order valence-corrected chi connectivity index (χ0v) is 11.9. The molecule has 102 valence electrons. The molecule has 0 fully saturated rings. The van der Waals surface area contributed by atoms with Crippen molar-refractivity contribution < 1.29 is 9.72 Å². The number of nitro groups is 1. The molecule has 0 aliphatic rings. The van der Waals surface area contributed by atoms with Crippen LogP contribution in [0.5, 0.6) is 0 Å². The van der Waals surface area contributed by atoms with E-state index in [1.165, 1.54) is 12.1 Å². The number of halogens is 1. The minimum Gasteiger partial charge on any atom is -0.325 e. The Hall–Kier alpha value is -2.21. The second kappa shape index (κ2) is 6.29. The fourth-order valence-electron chi connectivity index (χ4n) is 1.64. The summed E-state index contributed by atoms with van der Waals surface area (Å²) in [7, 11) is 0. The number of non-ortho nitro benzene ring substituents is 1. The Morgan fingerprint density at radius 3 is 2.25 bits per heavy atom. The number of benzene rings is 2. The van der Waals surface area contributed by atoms with Gasteiger partial charge in [0.05, 0.1) is 4.92 Å². The zero-order chi connectivity index (χ0) is 14.5. The molecule has 0 radical (unpaired) electrons. The van der Waals surface area contributed by atoms with Gasteiger partial charge in [-0.3, -0.25) is 14.9 Å². The predicted octanol–water partition coefficient (Wildman–Crippen LogP) is 3.67. The summed E-state index contributed by atoms with van der Waals surface area (Å²) in [4.78, 5) is 21.6. The van der Waals surface area contributed by atoms with Gasteiger partial charge in [-0.25, -0.2) is 0 Å². The Labute approximate surface area is 123 Å². The van der Waals surface area contributed by atoms with Crippen LogP contribution in [0.25, 0.3) is 0 Å². The number of nitrogens with one attached hydrogen (secondary N) is 1. The Bertz CT molecular complexity index is 614. The van der Waals surface area contributed by atoms with Crippen LogP contribution in [0, 0.1) is 10.1 Å². The van der Waals surface area contributed by atoms with Gasteiger partial charge in [0.15, 0.2) is 0 Å². The largest absolute Gasteiger partial charge is 0.325 e. The number of nitrogens with zero attached hydrogens (tertiary/aromatic N) is 1. The van der Waals surface area contributed by atoms with Gasteiger partial charge in [-0.05, 0) is 17.7 Å². The summed E-state index contributed by atoms with van der Waals surface area (Å²) in [6, 6.07) is 14.9. The van der Waals surface area contributed by atoms with Crippen molar-refractivity contribution in [3.05, 3.63) is 70.3 Å². The molecule has 6 heteroatoms. The molecule has 0 aliphatic carbocycles. The lowest BCUT2D eigenvalue weighted by molar-refractivity contribution is -0.384. The average molecular weight is 335 g/mol. The van der Waals surface area contributed by atoms with Crippen LogP contribution in [-0.2, 0) is 4.79 Å². The highest BCUT2D eigenvalue weighted by Crippen LogP contribution is 2.26. The molecular formula is C14H11BrN2O3. The number of carbonyl (C=O) groups excluding carboxylic acids is 1. The van der Waals surface area contributed by atoms with Crippen molar-refractivity contribution in [2.45, 2.75) is 4.83 Å². The van der Waals surface area contributed by atoms with E-state index in [-0.39, 0.29) is 11.6 Å². The lowest BCUT2D eigenvalue weighted by atomic mass is 10.1. The summed E-state index contributed by atoms with van der Waals surface area (Å²) in [5.74, 6) is -0.231. The first kappa shape index (κ1) is 14.2. The van der Waals surface area contributed by atoms with Gasteiger partial charge in [-0.1, -0.05) is 46.3 Å². The van der Waals surface area contributed by atoms with Crippen LogP contribution in [0.1, 0.15) is 10.4 Å². The number of amides is 1. The van der Waals surface area contributed by atoms with Crippen LogP contribution in [0.4, 0.5) is 11.4 Å². The topological polar surface area (TPSA) is 72.2 Å². The molecule has 5 nitrogen and oxygen atoms in total. The molecule has 0 saturated heterocycles. The third-order valence-electron chi connectivity index (χ3n) is 2.67. The second-order valence-electron chi connectivity index (χ2n) is 4.07. The summed E-state index contributed by atoms with van der Waals surface area (Å²) < 4.78 is 0. The fourth-order valence-corrected chi connectivity index (χ4v) is 2.06. The molecule has 20 heavy (non-hydrogen) atoms. The van der Waals surface area contributed by atoms with Gasteiger partial charge < -0.3 is 5.32 Å². The molecule has 0 spiro atoms. The van der Waals surface area contributed by atoms with E-state index in [9.17, 15) is 14.9 Å². The van der Waals surface area contributed by atoms with Gasteiger partial charge in [0.25, 0.3) is 5.69 Å². The summed E-state index contributed by atoms with van der Waals surface area (Å²) in [6.07, 6.45) is 0. The number of anilines is 1. The van der Waals surface area contributed by atoms with Crippen molar-refractivity contribution >= 4 is 33.2 Å². The molecule has 0 bridgehead atoms. The summed E-state index contributed by atoms with van der Waals surface area (Å²) in [6.45, 7) is 0. The van der Waals surface area contributed by atoms with Crippen LogP contribution < -0.4 is 5.32 Å². The number of rotatable bonds is 4. The summed E-state index contributed by atoms with van der Waals surface area (Å²) >= 11 is 3.29. The lowest BCUT2D eigenvalue weighted by Gasteiger charge is -2.11. The number of carbonyl (C=O) groups is 1. The quantitative estimate of drug-likeness (QED) is 0.526. The van der Waals surface area contributed by atoms with E-state index < -0.39 is 9.75 Å². The zero-order valence-electron chi connectivity index (χ0n) is 10.3. The van der Waals surface area contributed by atoms with Crippen molar-refractivity contribution in [1.82, 2.24) is 0 Å². The van der Waals surface area contributed by atoms with Gasteiger partial charge >= 0.3 is 0 Å². The van der Waals surface area contributed by atoms with Crippen molar-refractivity contribution in [3.8, 4) is 0 Å². The first-order valence-corrected chi connectivity index (χ1v) is 6.74. The van der Waals surface area contributed by atoms with Gasteiger partial charge in [-0.2, -0.15) is 0 Å². The van der Waals surface area contributed by atoms with Crippen LogP contribution in [0.15, 0.2) is 54.6 Å². The maximum absolute atomic E-state index is 12.0. The maximum atomic E-state index is 12.0. The van der Waals surface area contributed by atoms with Gasteiger partial charge in [0, 0.05) is 17.8 Å². The molecule has 1 amide bonds. The Balaban J connectivity index is 2.08. The minimum atomic E-state index is -0.566. The Morgan fingerprint density at radius 2 is 1.70 bits per heavy atom. The van der Waals surface area contributed by atoms with Crippen LogP contribution in [-0.4, -0.2) is 10.8 Å². The van der Waals surface area contributed by atoms with Crippen LogP contribution >= 0.6 is 15.9 Å². The smallest absolute Gasteiger partial charge is 0.269 e. The maximum Gasteiger partial charge on any atom is 0.269 e. The van der Waals surface area contributed by atoms with E-state index in [4.69, 9.17) is 0 Å². The third kappa shape index (κ3) is 3.42. The molecule has 1 N–H and O–H groups in total. The fraction of sp³-hybridized carbons (Fsp3) is 0.0714. The summed E-state index contributed by atoms with van der Waals surface area (Å²) in [5, 5.41) is 13.3. The Kier molecular flexibility index (Phi) is 4.47. The van der Waals surface area contributed by atoms with Crippen molar-refractivity contribution in [3.63, 3.8) is 0 Å². The molecular weight excluding hydrogens is 324 g/mol. The highest BCUT2D eigenvalue weighted by atomic mass is 79.9. The Morgan fingerprint density at radius 1 is 1.10 bits per heavy atom. The normalized spacial score (nSPS) is 11.7. The molecule has 2 aromatic rings. The predicted molar refractivity (Wildman–Crippen MR) is 79.8 cm³/mol. The SMILES string of the molecule is O=C(Nc1ccccc1)C(Br)c1ccc([N+](=O)[O-])cc1. The van der Waals surface area contributed by atoms with E-state index in [0.717, 1.165) is 0 Å². The molecule has 1 unspecified atom stereocenters. The molecule has 2 aromatic carbocycles. The summed E-state index contributed by atoms with van der Waals surface area (Å²) in [5.41, 5.74) is 1.35. The minimum absolute atomic E-state index is 0.00285. The second-order valence-corrected chi connectivity index (χ2v) is 4.98. The first-order valence-electron chi connectivity index (χ1n) is 5.82. The highest BCUT2D eigenvalue weighted by molar-refractivity contribution is 9.09. The molecule has 0 saturated carbocycles. The van der Waals surface area contributed by atoms with E-state index in [1.807, 2.05) is 18.2 Å². The van der Waals surface area contributed by atoms with E-state index in [2.05, 4.69) is 21.2 Å². The molecule has 1 atom stereocenters. The van der Waals surface area contributed by atoms with Gasteiger partial charge in [0.1, 0.15) is 4.83 Å². The standard InChI is InChI=1S/C14H11BrN2O3/c15-13(10-6-8-12(9-7-10)17(19)20)14(18)16-11-4-2-1-3-5-11/h1-9,13H,(H,16,18).